The second-order valence-corrected chi connectivity index (χ2v) is 4.61. The minimum absolute atomic E-state index is 0.257. The Hall–Kier alpha value is -1.81. The monoisotopic (exact) mass is 279 g/mol. The number of likely N-dealkylation sites (N-methyl/N-ethyl adjacent to an activating group) is 1. The molecule has 0 heterocycles. The van der Waals surface area contributed by atoms with Gasteiger partial charge in [0.25, 0.3) is 0 Å². The average molecular weight is 279 g/mol. The lowest BCUT2D eigenvalue weighted by Gasteiger charge is -2.19. The van der Waals surface area contributed by atoms with Gasteiger partial charge in [0.15, 0.2) is 0 Å². The molecule has 2 rings (SSSR count). The number of halogens is 3. The third kappa shape index (κ3) is 3.61. The van der Waals surface area contributed by atoms with Crippen molar-refractivity contribution < 1.29 is 13.2 Å². The highest BCUT2D eigenvalue weighted by Crippen LogP contribution is 2.21. The van der Waals surface area contributed by atoms with Crippen LogP contribution in [0.1, 0.15) is 24.1 Å². The summed E-state index contributed by atoms with van der Waals surface area (Å²) in [5.41, 5.74) is 0.996. The van der Waals surface area contributed by atoms with Gasteiger partial charge in [0.2, 0.25) is 0 Å². The molecule has 0 bridgehead atoms. The Balaban J connectivity index is 2.27. The molecule has 0 aromatic heterocycles. The molecule has 2 aromatic carbocycles. The van der Waals surface area contributed by atoms with Gasteiger partial charge < -0.3 is 5.32 Å². The van der Waals surface area contributed by atoms with Gasteiger partial charge in [0.1, 0.15) is 17.5 Å². The average Bonchev–Trinajstić information content (AvgIpc) is 2.42. The molecule has 0 aliphatic rings. The van der Waals surface area contributed by atoms with Crippen molar-refractivity contribution in [1.29, 1.82) is 0 Å². The van der Waals surface area contributed by atoms with Crippen LogP contribution in [0.15, 0.2) is 42.5 Å². The predicted octanol–water partition coefficient (Wildman–Crippen LogP) is 4.00. The van der Waals surface area contributed by atoms with Gasteiger partial charge in [-0.3, -0.25) is 0 Å². The molecule has 106 valence electrons. The van der Waals surface area contributed by atoms with Gasteiger partial charge in [0, 0.05) is 6.04 Å². The van der Waals surface area contributed by atoms with Crippen molar-refractivity contribution >= 4 is 0 Å². The van der Waals surface area contributed by atoms with Gasteiger partial charge in [-0.05, 0) is 54.4 Å². The van der Waals surface area contributed by atoms with Crippen LogP contribution in [-0.2, 0) is 6.42 Å². The van der Waals surface area contributed by atoms with Gasteiger partial charge in [-0.15, -0.1) is 0 Å². The summed E-state index contributed by atoms with van der Waals surface area (Å²) >= 11 is 0. The molecule has 1 N–H and O–H groups in total. The first-order valence-corrected chi connectivity index (χ1v) is 6.53. The van der Waals surface area contributed by atoms with Crippen molar-refractivity contribution in [3.8, 4) is 0 Å². The maximum absolute atomic E-state index is 13.7. The lowest BCUT2D eigenvalue weighted by Crippen LogP contribution is -2.23. The van der Waals surface area contributed by atoms with Gasteiger partial charge in [0.05, 0.1) is 0 Å². The fourth-order valence-electron chi connectivity index (χ4n) is 2.20. The van der Waals surface area contributed by atoms with E-state index in [0.717, 1.165) is 17.7 Å². The Morgan fingerprint density at radius 3 is 2.45 bits per heavy atom. The summed E-state index contributed by atoms with van der Waals surface area (Å²) in [7, 11) is 0. The number of benzene rings is 2. The number of hydrogen-bond donors (Lipinski definition) is 1. The quantitative estimate of drug-likeness (QED) is 0.872. The zero-order chi connectivity index (χ0) is 14.5. The van der Waals surface area contributed by atoms with Gasteiger partial charge in [-0.1, -0.05) is 19.1 Å². The van der Waals surface area contributed by atoms with Crippen LogP contribution >= 0.6 is 0 Å². The fourth-order valence-corrected chi connectivity index (χ4v) is 2.20. The summed E-state index contributed by atoms with van der Waals surface area (Å²) in [6, 6.07) is 9.26. The van der Waals surface area contributed by atoms with Crippen LogP contribution in [0.2, 0.25) is 0 Å². The van der Waals surface area contributed by atoms with Crippen molar-refractivity contribution in [2.24, 2.45) is 0 Å². The van der Waals surface area contributed by atoms with Crippen LogP contribution in [0.25, 0.3) is 0 Å². The van der Waals surface area contributed by atoms with Crippen molar-refractivity contribution in [2.45, 2.75) is 19.4 Å². The topological polar surface area (TPSA) is 12.0 Å². The third-order valence-corrected chi connectivity index (χ3v) is 3.13. The Morgan fingerprint density at radius 2 is 1.75 bits per heavy atom. The van der Waals surface area contributed by atoms with E-state index in [1.165, 1.54) is 18.2 Å². The summed E-state index contributed by atoms with van der Waals surface area (Å²) in [4.78, 5) is 0. The molecular weight excluding hydrogens is 263 g/mol. The molecule has 0 spiro atoms. The summed E-state index contributed by atoms with van der Waals surface area (Å²) in [5.74, 6) is -1.27. The summed E-state index contributed by atoms with van der Waals surface area (Å²) in [5, 5.41) is 3.17. The molecule has 1 nitrogen and oxygen atoms in total. The van der Waals surface area contributed by atoms with Crippen LogP contribution in [0.3, 0.4) is 0 Å². The zero-order valence-electron chi connectivity index (χ0n) is 11.2. The van der Waals surface area contributed by atoms with Crippen LogP contribution in [0, 0.1) is 17.5 Å². The Kier molecular flexibility index (Phi) is 4.79. The maximum Gasteiger partial charge on any atom is 0.126 e. The standard InChI is InChI=1S/C16H16F3N/c1-2-20-16(11-4-3-5-13(17)8-11)10-12-9-14(18)6-7-15(12)19/h3-9,16,20H,2,10H2,1H3. The normalized spacial score (nSPS) is 12.4. The van der Waals surface area contributed by atoms with E-state index in [1.54, 1.807) is 12.1 Å². The minimum Gasteiger partial charge on any atom is -0.310 e. The fraction of sp³-hybridized carbons (Fsp3) is 0.250. The van der Waals surface area contributed by atoms with Crippen molar-refractivity contribution in [3.05, 3.63) is 71.0 Å². The molecule has 0 aliphatic heterocycles. The van der Waals surface area contributed by atoms with Crippen LogP contribution in [0.5, 0.6) is 0 Å². The smallest absolute Gasteiger partial charge is 0.126 e. The summed E-state index contributed by atoms with van der Waals surface area (Å²) in [6.07, 6.45) is 0.265. The summed E-state index contributed by atoms with van der Waals surface area (Å²) in [6.45, 7) is 2.56. The predicted molar refractivity (Wildman–Crippen MR) is 72.9 cm³/mol. The number of hydrogen-bond acceptors (Lipinski definition) is 1. The molecular formula is C16H16F3N. The van der Waals surface area contributed by atoms with E-state index in [-0.39, 0.29) is 23.8 Å². The molecule has 0 fully saturated rings. The highest BCUT2D eigenvalue weighted by atomic mass is 19.1. The molecule has 1 atom stereocenters. The van der Waals surface area contributed by atoms with Crippen molar-refractivity contribution in [2.75, 3.05) is 6.54 Å². The van der Waals surface area contributed by atoms with E-state index in [1.807, 2.05) is 6.92 Å². The van der Waals surface area contributed by atoms with E-state index in [0.29, 0.717) is 6.54 Å². The van der Waals surface area contributed by atoms with Gasteiger partial charge >= 0.3 is 0 Å². The van der Waals surface area contributed by atoms with E-state index in [9.17, 15) is 13.2 Å². The number of nitrogens with one attached hydrogen (secondary N) is 1. The first kappa shape index (κ1) is 14.6. The lowest BCUT2D eigenvalue weighted by atomic mass is 9.98. The lowest BCUT2D eigenvalue weighted by molar-refractivity contribution is 0.518. The molecule has 1 unspecified atom stereocenters. The van der Waals surface area contributed by atoms with Crippen LogP contribution in [-0.4, -0.2) is 6.54 Å². The van der Waals surface area contributed by atoms with Gasteiger partial charge in [-0.25, -0.2) is 13.2 Å². The van der Waals surface area contributed by atoms with Crippen molar-refractivity contribution in [3.63, 3.8) is 0 Å². The number of rotatable bonds is 5. The van der Waals surface area contributed by atoms with E-state index >= 15 is 0 Å². The molecule has 0 amide bonds. The third-order valence-electron chi connectivity index (χ3n) is 3.13. The van der Waals surface area contributed by atoms with E-state index in [4.69, 9.17) is 0 Å². The largest absolute Gasteiger partial charge is 0.310 e. The first-order chi connectivity index (χ1) is 9.60. The Labute approximate surface area is 116 Å². The molecule has 0 saturated heterocycles. The maximum atomic E-state index is 13.7. The van der Waals surface area contributed by atoms with Gasteiger partial charge in [-0.2, -0.15) is 0 Å². The first-order valence-electron chi connectivity index (χ1n) is 6.53. The van der Waals surface area contributed by atoms with E-state index < -0.39 is 11.6 Å². The molecule has 0 aliphatic carbocycles. The molecule has 0 radical (unpaired) electrons. The molecule has 20 heavy (non-hydrogen) atoms. The highest BCUT2D eigenvalue weighted by Gasteiger charge is 2.15. The zero-order valence-corrected chi connectivity index (χ0v) is 11.2. The Bertz CT molecular complexity index is 584. The second-order valence-electron chi connectivity index (χ2n) is 4.61. The molecule has 4 heteroatoms. The second kappa shape index (κ2) is 6.57. The SMILES string of the molecule is CCNC(Cc1cc(F)ccc1F)c1cccc(F)c1. The highest BCUT2D eigenvalue weighted by molar-refractivity contribution is 5.25. The van der Waals surface area contributed by atoms with Crippen LogP contribution in [0.4, 0.5) is 13.2 Å². The Morgan fingerprint density at radius 1 is 1.00 bits per heavy atom. The van der Waals surface area contributed by atoms with E-state index in [2.05, 4.69) is 5.32 Å². The summed E-state index contributed by atoms with van der Waals surface area (Å²) < 4.78 is 40.2. The van der Waals surface area contributed by atoms with Crippen molar-refractivity contribution in [1.82, 2.24) is 5.32 Å². The molecule has 0 saturated carbocycles. The molecule has 2 aromatic rings. The minimum atomic E-state index is -0.476. The van der Waals surface area contributed by atoms with Crippen LogP contribution < -0.4 is 5.32 Å².